The van der Waals surface area contributed by atoms with Gasteiger partial charge >= 0.3 is 0 Å². The number of nitrogens with one attached hydrogen (secondary N) is 1. The number of halogens is 1. The molecular weight excluding hydrogens is 242 g/mol. The zero-order valence-corrected chi connectivity index (χ0v) is 11.8. The molecule has 0 heterocycles. The fourth-order valence-corrected chi connectivity index (χ4v) is 2.09. The Bertz CT molecular complexity index is 561. The maximum absolute atomic E-state index is 6.12. The van der Waals surface area contributed by atoms with Gasteiger partial charge in [-0.3, -0.25) is 0 Å². The summed E-state index contributed by atoms with van der Waals surface area (Å²) < 4.78 is 0. The Morgan fingerprint density at radius 3 is 2.50 bits per heavy atom. The summed E-state index contributed by atoms with van der Waals surface area (Å²) in [6, 6.07) is 12.5. The monoisotopic (exact) mass is 259 g/mol. The van der Waals surface area contributed by atoms with Crippen molar-refractivity contribution >= 4 is 17.3 Å². The molecule has 0 saturated carbocycles. The van der Waals surface area contributed by atoms with Crippen LogP contribution in [0.2, 0.25) is 5.02 Å². The summed E-state index contributed by atoms with van der Waals surface area (Å²) in [5.41, 5.74) is 6.11. The SMILES string of the molecule is Cc1ccc(CNc2cccc(C)c2C)cc1Cl. The lowest BCUT2D eigenvalue weighted by Crippen LogP contribution is -2.01. The highest BCUT2D eigenvalue weighted by Crippen LogP contribution is 2.20. The third-order valence-electron chi connectivity index (χ3n) is 3.32. The van der Waals surface area contributed by atoms with Crippen molar-refractivity contribution in [3.8, 4) is 0 Å². The van der Waals surface area contributed by atoms with Crippen molar-refractivity contribution in [2.24, 2.45) is 0 Å². The Morgan fingerprint density at radius 1 is 1.00 bits per heavy atom. The smallest absolute Gasteiger partial charge is 0.0438 e. The molecule has 0 unspecified atom stereocenters. The fraction of sp³-hybridized carbons (Fsp3) is 0.250. The van der Waals surface area contributed by atoms with E-state index in [1.807, 2.05) is 13.0 Å². The largest absolute Gasteiger partial charge is 0.381 e. The molecule has 0 bridgehead atoms. The summed E-state index contributed by atoms with van der Waals surface area (Å²) in [6.07, 6.45) is 0. The van der Waals surface area contributed by atoms with Crippen molar-refractivity contribution in [2.75, 3.05) is 5.32 Å². The van der Waals surface area contributed by atoms with E-state index in [9.17, 15) is 0 Å². The molecule has 0 aliphatic rings. The topological polar surface area (TPSA) is 12.0 Å². The van der Waals surface area contributed by atoms with E-state index in [2.05, 4.69) is 49.5 Å². The second-order valence-corrected chi connectivity index (χ2v) is 5.09. The molecule has 0 spiro atoms. The first-order valence-electron chi connectivity index (χ1n) is 6.13. The number of rotatable bonds is 3. The van der Waals surface area contributed by atoms with Crippen LogP contribution < -0.4 is 5.32 Å². The van der Waals surface area contributed by atoms with Gasteiger partial charge in [-0.25, -0.2) is 0 Å². The van der Waals surface area contributed by atoms with Gasteiger partial charge in [-0.2, -0.15) is 0 Å². The van der Waals surface area contributed by atoms with Crippen LogP contribution in [-0.2, 0) is 6.54 Å². The molecule has 2 aromatic carbocycles. The highest BCUT2D eigenvalue weighted by atomic mass is 35.5. The maximum Gasteiger partial charge on any atom is 0.0438 e. The molecule has 18 heavy (non-hydrogen) atoms. The fourth-order valence-electron chi connectivity index (χ4n) is 1.89. The summed E-state index contributed by atoms with van der Waals surface area (Å²) in [5, 5.41) is 4.29. The molecule has 0 aromatic heterocycles. The quantitative estimate of drug-likeness (QED) is 0.829. The van der Waals surface area contributed by atoms with E-state index in [4.69, 9.17) is 11.6 Å². The minimum Gasteiger partial charge on any atom is -0.381 e. The molecule has 0 fully saturated rings. The first-order valence-corrected chi connectivity index (χ1v) is 6.51. The van der Waals surface area contributed by atoms with Crippen LogP contribution >= 0.6 is 11.6 Å². The van der Waals surface area contributed by atoms with Crippen LogP contribution in [-0.4, -0.2) is 0 Å². The van der Waals surface area contributed by atoms with Gasteiger partial charge in [0.1, 0.15) is 0 Å². The van der Waals surface area contributed by atoms with E-state index in [1.165, 1.54) is 22.4 Å². The third kappa shape index (κ3) is 2.85. The lowest BCUT2D eigenvalue weighted by atomic mass is 10.1. The molecule has 0 saturated heterocycles. The predicted octanol–water partition coefficient (Wildman–Crippen LogP) is 4.88. The molecule has 0 aliphatic heterocycles. The van der Waals surface area contributed by atoms with E-state index >= 15 is 0 Å². The molecule has 94 valence electrons. The second-order valence-electron chi connectivity index (χ2n) is 4.68. The van der Waals surface area contributed by atoms with Gasteiger partial charge in [0.05, 0.1) is 0 Å². The zero-order valence-electron chi connectivity index (χ0n) is 11.0. The highest BCUT2D eigenvalue weighted by Gasteiger charge is 2.01. The molecule has 0 radical (unpaired) electrons. The zero-order chi connectivity index (χ0) is 13.1. The van der Waals surface area contributed by atoms with Gasteiger partial charge in [-0.1, -0.05) is 35.9 Å². The molecule has 0 atom stereocenters. The van der Waals surface area contributed by atoms with Crippen molar-refractivity contribution in [2.45, 2.75) is 27.3 Å². The summed E-state index contributed by atoms with van der Waals surface area (Å²) in [6.45, 7) is 7.08. The Hall–Kier alpha value is -1.47. The summed E-state index contributed by atoms with van der Waals surface area (Å²) in [4.78, 5) is 0. The summed E-state index contributed by atoms with van der Waals surface area (Å²) >= 11 is 6.12. The number of benzene rings is 2. The van der Waals surface area contributed by atoms with Crippen LogP contribution in [0.15, 0.2) is 36.4 Å². The van der Waals surface area contributed by atoms with Crippen LogP contribution in [0.4, 0.5) is 5.69 Å². The third-order valence-corrected chi connectivity index (χ3v) is 3.73. The Labute approximate surface area is 114 Å². The van der Waals surface area contributed by atoms with Gasteiger partial charge in [0.2, 0.25) is 0 Å². The van der Waals surface area contributed by atoms with Crippen molar-refractivity contribution < 1.29 is 0 Å². The normalized spacial score (nSPS) is 10.4. The lowest BCUT2D eigenvalue weighted by Gasteiger charge is -2.12. The molecule has 1 N–H and O–H groups in total. The number of anilines is 1. The number of aryl methyl sites for hydroxylation is 2. The Balaban J connectivity index is 2.11. The minimum absolute atomic E-state index is 0.796. The van der Waals surface area contributed by atoms with Gasteiger partial charge in [-0.05, 0) is 55.2 Å². The molecule has 2 rings (SSSR count). The maximum atomic E-state index is 6.12. The average molecular weight is 260 g/mol. The van der Waals surface area contributed by atoms with Crippen molar-refractivity contribution in [1.29, 1.82) is 0 Å². The Morgan fingerprint density at radius 2 is 1.78 bits per heavy atom. The molecule has 2 aromatic rings. The first kappa shape index (κ1) is 13.0. The van der Waals surface area contributed by atoms with Gasteiger partial charge in [0.25, 0.3) is 0 Å². The van der Waals surface area contributed by atoms with Gasteiger partial charge in [-0.15, -0.1) is 0 Å². The van der Waals surface area contributed by atoms with Crippen LogP contribution in [0, 0.1) is 20.8 Å². The minimum atomic E-state index is 0.796. The molecule has 2 heteroatoms. The van der Waals surface area contributed by atoms with Gasteiger partial charge < -0.3 is 5.32 Å². The van der Waals surface area contributed by atoms with E-state index in [0.29, 0.717) is 0 Å². The molecule has 0 aliphatic carbocycles. The van der Waals surface area contributed by atoms with Crippen molar-refractivity contribution in [3.63, 3.8) is 0 Å². The summed E-state index contributed by atoms with van der Waals surface area (Å²) in [5.74, 6) is 0. The number of hydrogen-bond donors (Lipinski definition) is 1. The van der Waals surface area contributed by atoms with E-state index < -0.39 is 0 Å². The standard InChI is InChI=1S/C16H18ClN/c1-11-5-4-6-16(13(11)3)18-10-14-8-7-12(2)15(17)9-14/h4-9,18H,10H2,1-3H3. The molecule has 1 nitrogen and oxygen atoms in total. The molecular formula is C16H18ClN. The van der Waals surface area contributed by atoms with Gasteiger partial charge in [0, 0.05) is 17.3 Å². The Kier molecular flexibility index (Phi) is 3.93. The first-order chi connectivity index (χ1) is 8.58. The predicted molar refractivity (Wildman–Crippen MR) is 79.4 cm³/mol. The average Bonchev–Trinajstić information content (AvgIpc) is 2.35. The van der Waals surface area contributed by atoms with E-state index in [-0.39, 0.29) is 0 Å². The highest BCUT2D eigenvalue weighted by molar-refractivity contribution is 6.31. The van der Waals surface area contributed by atoms with Gasteiger partial charge in [0.15, 0.2) is 0 Å². The van der Waals surface area contributed by atoms with Crippen LogP contribution in [0.5, 0.6) is 0 Å². The van der Waals surface area contributed by atoms with Crippen LogP contribution in [0.3, 0.4) is 0 Å². The van der Waals surface area contributed by atoms with Crippen LogP contribution in [0.25, 0.3) is 0 Å². The number of hydrogen-bond acceptors (Lipinski definition) is 1. The van der Waals surface area contributed by atoms with E-state index in [0.717, 1.165) is 17.1 Å². The van der Waals surface area contributed by atoms with Crippen molar-refractivity contribution in [3.05, 3.63) is 63.7 Å². The van der Waals surface area contributed by atoms with E-state index in [1.54, 1.807) is 0 Å². The van der Waals surface area contributed by atoms with Crippen LogP contribution in [0.1, 0.15) is 22.3 Å². The molecule has 0 amide bonds. The van der Waals surface area contributed by atoms with Crippen molar-refractivity contribution in [1.82, 2.24) is 0 Å². The lowest BCUT2D eigenvalue weighted by molar-refractivity contribution is 1.13. The second kappa shape index (κ2) is 5.45. The summed E-state index contributed by atoms with van der Waals surface area (Å²) in [7, 11) is 0.